The fourth-order valence-electron chi connectivity index (χ4n) is 7.91. The molecule has 1 saturated heterocycles. The van der Waals surface area contributed by atoms with Gasteiger partial charge in [-0.25, -0.2) is 14.4 Å². The molecule has 3 atom stereocenters. The zero-order valence-corrected chi connectivity index (χ0v) is 33.3. The number of halogens is 1. The van der Waals surface area contributed by atoms with E-state index in [0.717, 1.165) is 63.7 Å². The van der Waals surface area contributed by atoms with Crippen molar-refractivity contribution < 1.29 is 18.7 Å². The number of hydrogen-bond donors (Lipinski definition) is 4. The van der Waals surface area contributed by atoms with Gasteiger partial charge in [0.25, 0.3) is 5.91 Å². The fraction of sp³-hybridized carbons (Fsp3) is 0.476. The molecular weight excluding hydrogens is 726 g/mol. The van der Waals surface area contributed by atoms with Crippen LogP contribution >= 0.6 is 0 Å². The third-order valence-electron chi connectivity index (χ3n) is 11.2. The number of ether oxygens (including phenoxy) is 1. The van der Waals surface area contributed by atoms with E-state index in [9.17, 15) is 19.2 Å². The Morgan fingerprint density at radius 1 is 1.11 bits per heavy atom. The van der Waals surface area contributed by atoms with Gasteiger partial charge in [-0.05, 0) is 86.9 Å². The first-order valence-electron chi connectivity index (χ1n) is 19.7. The molecule has 0 saturated carbocycles. The molecule has 2 bridgehead atoms. The summed E-state index contributed by atoms with van der Waals surface area (Å²) in [6, 6.07) is 11.3. The van der Waals surface area contributed by atoms with Crippen LogP contribution in [0.25, 0.3) is 11.1 Å². The number of hydrogen-bond acceptors (Lipinski definition) is 11. The zero-order valence-electron chi connectivity index (χ0n) is 33.3. The van der Waals surface area contributed by atoms with Crippen molar-refractivity contribution in [1.29, 1.82) is 5.26 Å². The third-order valence-corrected chi connectivity index (χ3v) is 11.2. The molecule has 3 aromatic heterocycles. The van der Waals surface area contributed by atoms with E-state index in [1.807, 2.05) is 12.1 Å². The second-order valence-corrected chi connectivity index (χ2v) is 16.0. The van der Waals surface area contributed by atoms with Crippen LogP contribution in [0.2, 0.25) is 0 Å². The van der Waals surface area contributed by atoms with E-state index < -0.39 is 18.0 Å². The standard InChI is InChI=1S/C42H54FN11O3/c1-26-31-20-29(43)14-15-30(31)41(56)52(4)23-33-37(28-19-35(57-26)39(47)49-22-28)34(21-44)54(51-33)18-8-6-5-7-17-53-24-36(42(2,3)25-53)50-40(55)32(45)13-9-11-27-12-10-16-48-38(27)46/h10,12,14-16,19-20,22,26,32,36H,5-9,11,13,17-18,23-25,45H2,1-4H3,(H2,46,48)(H2,47,49)(H,50,55)/t26-,32+,36+/m1/s1. The number of nitrogens with zero attached hydrogens (tertiary/aromatic N) is 7. The lowest BCUT2D eigenvalue weighted by Crippen LogP contribution is -2.50. The van der Waals surface area contributed by atoms with E-state index in [1.165, 1.54) is 23.1 Å². The molecule has 5 heterocycles. The molecular formula is C42H54FN11O3. The lowest BCUT2D eigenvalue weighted by atomic mass is 9.87. The van der Waals surface area contributed by atoms with E-state index in [1.54, 1.807) is 37.1 Å². The maximum absolute atomic E-state index is 14.4. The van der Waals surface area contributed by atoms with Gasteiger partial charge >= 0.3 is 0 Å². The monoisotopic (exact) mass is 779 g/mol. The van der Waals surface area contributed by atoms with Gasteiger partial charge in [-0.3, -0.25) is 14.3 Å². The lowest BCUT2D eigenvalue weighted by molar-refractivity contribution is -0.123. The van der Waals surface area contributed by atoms with E-state index >= 15 is 0 Å². The topological polar surface area (TPSA) is 207 Å². The molecule has 7 N–H and O–H groups in total. The summed E-state index contributed by atoms with van der Waals surface area (Å²) in [6.07, 6.45) is 8.27. The van der Waals surface area contributed by atoms with Crippen LogP contribution in [0, 0.1) is 22.6 Å². The van der Waals surface area contributed by atoms with Crippen LogP contribution in [0.5, 0.6) is 5.75 Å². The molecule has 1 fully saturated rings. The second kappa shape index (κ2) is 17.7. The number of likely N-dealkylation sites (tertiary alicyclic amines) is 1. The molecule has 1 aromatic carbocycles. The number of benzene rings is 1. The Bertz CT molecular complexity index is 2130. The normalized spacial score (nSPS) is 18.4. The van der Waals surface area contributed by atoms with Gasteiger partial charge in [-0.15, -0.1) is 0 Å². The van der Waals surface area contributed by atoms with Gasteiger partial charge in [0.1, 0.15) is 29.5 Å². The lowest BCUT2D eigenvalue weighted by Gasteiger charge is -2.27. The number of nitriles is 1. The largest absolute Gasteiger partial charge is 0.482 e. The van der Waals surface area contributed by atoms with Crippen molar-refractivity contribution in [1.82, 2.24) is 34.9 Å². The maximum Gasteiger partial charge on any atom is 0.254 e. The molecule has 57 heavy (non-hydrogen) atoms. The second-order valence-electron chi connectivity index (χ2n) is 16.0. The number of unbranched alkanes of at least 4 members (excludes halogenated alkanes) is 3. The number of pyridine rings is 2. The van der Waals surface area contributed by atoms with Gasteiger partial charge in [-0.1, -0.05) is 32.8 Å². The number of nitrogen functional groups attached to an aromatic ring is 2. The van der Waals surface area contributed by atoms with E-state index in [0.29, 0.717) is 52.4 Å². The van der Waals surface area contributed by atoms with Crippen LogP contribution in [0.3, 0.4) is 0 Å². The van der Waals surface area contributed by atoms with Crippen molar-refractivity contribution in [3.8, 4) is 22.9 Å². The molecule has 2 aliphatic heterocycles. The Kier molecular flexibility index (Phi) is 12.7. The fourth-order valence-corrected chi connectivity index (χ4v) is 7.91. The molecule has 2 aliphatic rings. The average Bonchev–Trinajstić information content (AvgIpc) is 3.67. The zero-order chi connectivity index (χ0) is 40.9. The Balaban J connectivity index is 1.03. The first kappa shape index (κ1) is 41.1. The summed E-state index contributed by atoms with van der Waals surface area (Å²) in [5.41, 5.74) is 22.1. The van der Waals surface area contributed by atoms with E-state index in [-0.39, 0.29) is 41.4 Å². The highest BCUT2D eigenvalue weighted by atomic mass is 19.1. The minimum Gasteiger partial charge on any atom is -0.482 e. The first-order valence-corrected chi connectivity index (χ1v) is 19.7. The molecule has 302 valence electrons. The van der Waals surface area contributed by atoms with Crippen LogP contribution in [-0.2, 0) is 24.3 Å². The molecule has 2 amide bonds. The van der Waals surface area contributed by atoms with Crippen LogP contribution in [0.4, 0.5) is 16.0 Å². The number of aryl methyl sites for hydroxylation is 2. The summed E-state index contributed by atoms with van der Waals surface area (Å²) in [5.74, 6) is -0.0234. The number of nitrogens with two attached hydrogens (primary N) is 3. The highest BCUT2D eigenvalue weighted by Crippen LogP contribution is 2.36. The van der Waals surface area contributed by atoms with E-state index in [4.69, 9.17) is 27.0 Å². The molecule has 15 heteroatoms. The molecule has 14 nitrogen and oxygen atoms in total. The summed E-state index contributed by atoms with van der Waals surface area (Å²) in [6.45, 7) is 9.28. The SMILES string of the molecule is C[C@H]1Oc2cc(cnc2N)-c2c(nn(CCCCCCN3C[C@H](NC(=O)[C@@H](N)CCCc4cccnc4N)C(C)(C)C3)c2C#N)CN(C)C(=O)c2ccc(F)cc21. The number of amides is 2. The Morgan fingerprint density at radius 2 is 1.88 bits per heavy atom. The minimum atomic E-state index is -0.715. The van der Waals surface area contributed by atoms with Gasteiger partial charge in [0.15, 0.2) is 11.6 Å². The van der Waals surface area contributed by atoms with Crippen molar-refractivity contribution in [2.24, 2.45) is 11.1 Å². The van der Waals surface area contributed by atoms with Gasteiger partial charge in [-0.2, -0.15) is 10.4 Å². The number of anilines is 2. The van der Waals surface area contributed by atoms with Gasteiger partial charge in [0, 0.05) is 67.4 Å². The van der Waals surface area contributed by atoms with Gasteiger partial charge < -0.3 is 37.1 Å². The third kappa shape index (κ3) is 9.52. The first-order chi connectivity index (χ1) is 27.2. The summed E-state index contributed by atoms with van der Waals surface area (Å²) in [4.78, 5) is 39.2. The quantitative estimate of drug-likeness (QED) is 0.133. The molecule has 6 rings (SSSR count). The molecule has 0 aliphatic carbocycles. The maximum atomic E-state index is 14.4. The summed E-state index contributed by atoms with van der Waals surface area (Å²) < 4.78 is 22.2. The van der Waals surface area contributed by atoms with Crippen molar-refractivity contribution in [2.45, 2.75) is 97.0 Å². The Hall–Kier alpha value is -5.59. The molecule has 0 unspecified atom stereocenters. The number of fused-ring (bicyclic) bond motifs is 5. The van der Waals surface area contributed by atoms with Crippen LogP contribution in [0.1, 0.15) is 98.3 Å². The van der Waals surface area contributed by atoms with E-state index in [2.05, 4.69) is 40.1 Å². The number of carbonyl (C=O) groups is 2. The summed E-state index contributed by atoms with van der Waals surface area (Å²) in [7, 11) is 1.66. The molecule has 0 spiro atoms. The number of carbonyl (C=O) groups excluding carboxylic acids is 2. The number of nitrogens with one attached hydrogen (secondary N) is 1. The average molecular weight is 780 g/mol. The van der Waals surface area contributed by atoms with Crippen LogP contribution in [-0.4, -0.2) is 80.1 Å². The predicted molar refractivity (Wildman–Crippen MR) is 216 cm³/mol. The molecule has 4 aromatic rings. The number of rotatable bonds is 13. The minimum absolute atomic E-state index is 0.00499. The highest BCUT2D eigenvalue weighted by Gasteiger charge is 2.40. The van der Waals surface area contributed by atoms with Crippen molar-refractivity contribution in [3.05, 3.63) is 82.7 Å². The predicted octanol–water partition coefficient (Wildman–Crippen LogP) is 4.98. The highest BCUT2D eigenvalue weighted by molar-refractivity contribution is 5.96. The smallest absolute Gasteiger partial charge is 0.254 e. The Labute approximate surface area is 333 Å². The number of aromatic nitrogens is 4. The van der Waals surface area contributed by atoms with Gasteiger partial charge in [0.05, 0.1) is 18.3 Å². The summed E-state index contributed by atoms with van der Waals surface area (Å²) >= 11 is 0. The molecule has 0 radical (unpaired) electrons. The van der Waals surface area contributed by atoms with Gasteiger partial charge in [0.2, 0.25) is 5.91 Å². The van der Waals surface area contributed by atoms with Crippen LogP contribution < -0.4 is 27.3 Å². The van der Waals surface area contributed by atoms with Crippen molar-refractivity contribution in [2.75, 3.05) is 38.1 Å². The van der Waals surface area contributed by atoms with Crippen molar-refractivity contribution in [3.63, 3.8) is 0 Å². The van der Waals surface area contributed by atoms with Crippen LogP contribution in [0.15, 0.2) is 48.8 Å². The summed E-state index contributed by atoms with van der Waals surface area (Å²) in [5, 5.41) is 18.5. The Morgan fingerprint density at radius 3 is 2.63 bits per heavy atom. The van der Waals surface area contributed by atoms with Crippen molar-refractivity contribution >= 4 is 23.5 Å².